The van der Waals surface area contributed by atoms with Crippen LogP contribution in [0, 0.1) is 17.3 Å². The average Bonchev–Trinajstić information content (AvgIpc) is 3.76. The summed E-state index contributed by atoms with van der Waals surface area (Å²) in [6.45, 7) is 11.4. The Morgan fingerprint density at radius 1 is 0.920 bits per heavy atom. The quantitative estimate of drug-likeness (QED) is 0.179. The van der Waals surface area contributed by atoms with Crippen molar-refractivity contribution in [3.8, 4) is 0 Å². The molecule has 0 spiro atoms. The second-order valence-corrected chi connectivity index (χ2v) is 14.9. The molecule has 1 heterocycles. The van der Waals surface area contributed by atoms with Crippen LogP contribution in [0.4, 0.5) is 4.79 Å². The summed E-state index contributed by atoms with van der Waals surface area (Å²) in [6.07, 6.45) is 12.3. The first-order valence-corrected chi connectivity index (χ1v) is 18.4. The summed E-state index contributed by atoms with van der Waals surface area (Å²) >= 11 is 0. The Morgan fingerprint density at radius 2 is 1.50 bits per heavy atom. The molecule has 1 aromatic carbocycles. The Morgan fingerprint density at radius 3 is 2.00 bits per heavy atom. The third-order valence-electron chi connectivity index (χ3n) is 9.04. The number of ketones is 1. The number of esters is 1. The number of carbonyl (C=O) groups excluding carboxylic acids is 6. The normalized spacial score (nSPS) is 19.6. The van der Waals surface area contributed by atoms with E-state index in [9.17, 15) is 28.8 Å². The number of nitrogens with zero attached hydrogens (tertiary/aromatic N) is 1. The predicted molar refractivity (Wildman–Crippen MR) is 192 cm³/mol. The van der Waals surface area contributed by atoms with Crippen molar-refractivity contribution in [2.75, 3.05) is 13.1 Å². The molecule has 50 heavy (non-hydrogen) atoms. The zero-order chi connectivity index (χ0) is 37.3. The van der Waals surface area contributed by atoms with Gasteiger partial charge < -0.3 is 31.3 Å². The minimum atomic E-state index is -1.11. The molecule has 2 unspecified atom stereocenters. The van der Waals surface area contributed by atoms with E-state index in [4.69, 9.17) is 10.5 Å². The fourth-order valence-corrected chi connectivity index (χ4v) is 6.09. The SMILES string of the molecule is C1CCCC1.CCC.C[C@@H]1C[C@@H](C(=O)NC(CC2CCC2)C(=O)C(N)=O)N(C(=O)C(NC(=O)NCC(=O)OCc2ccccc2)C(C)(C)C)C1. The van der Waals surface area contributed by atoms with Crippen molar-refractivity contribution < 1.29 is 33.5 Å². The first-order chi connectivity index (χ1) is 23.7. The number of nitrogens with two attached hydrogens (primary N) is 1. The van der Waals surface area contributed by atoms with Gasteiger partial charge >= 0.3 is 12.0 Å². The van der Waals surface area contributed by atoms with E-state index in [1.807, 2.05) is 37.3 Å². The van der Waals surface area contributed by atoms with Gasteiger partial charge in [-0.15, -0.1) is 0 Å². The lowest BCUT2D eigenvalue weighted by Crippen LogP contribution is -2.60. The monoisotopic (exact) mass is 699 g/mol. The van der Waals surface area contributed by atoms with Gasteiger partial charge in [0.15, 0.2) is 0 Å². The van der Waals surface area contributed by atoms with Gasteiger partial charge in [-0.2, -0.15) is 0 Å². The Balaban J connectivity index is 0.000000961. The number of Topliss-reactive ketones (excluding diaryl/α,β-unsaturated/α-hetero) is 1. The van der Waals surface area contributed by atoms with Gasteiger partial charge in [-0.05, 0) is 35.7 Å². The second-order valence-electron chi connectivity index (χ2n) is 14.9. The molecule has 1 aromatic rings. The largest absolute Gasteiger partial charge is 0.460 e. The average molecular weight is 700 g/mol. The number of primary amides is 1. The molecule has 1 aliphatic heterocycles. The number of nitrogens with one attached hydrogen (secondary N) is 3. The molecule has 0 aromatic heterocycles. The molecule has 2 aliphatic carbocycles. The lowest BCUT2D eigenvalue weighted by molar-refractivity contribution is -0.143. The van der Waals surface area contributed by atoms with Crippen LogP contribution in [0.15, 0.2) is 30.3 Å². The van der Waals surface area contributed by atoms with Gasteiger partial charge in [0.25, 0.3) is 5.91 Å². The first kappa shape index (κ1) is 42.2. The maximum absolute atomic E-state index is 13.8. The summed E-state index contributed by atoms with van der Waals surface area (Å²) in [7, 11) is 0. The van der Waals surface area contributed by atoms with Gasteiger partial charge in [-0.25, -0.2) is 4.79 Å². The van der Waals surface area contributed by atoms with Crippen molar-refractivity contribution in [3.63, 3.8) is 0 Å². The van der Waals surface area contributed by atoms with Crippen molar-refractivity contribution >= 4 is 35.5 Å². The molecule has 2 saturated carbocycles. The third-order valence-corrected chi connectivity index (χ3v) is 9.04. The molecule has 0 bridgehead atoms. The van der Waals surface area contributed by atoms with E-state index < -0.39 is 65.6 Å². The van der Waals surface area contributed by atoms with Gasteiger partial charge in [-0.3, -0.25) is 24.0 Å². The number of hydrogen-bond donors (Lipinski definition) is 4. The molecular formula is C38H61N5O7. The number of benzene rings is 1. The van der Waals surface area contributed by atoms with Crippen LogP contribution >= 0.6 is 0 Å². The highest BCUT2D eigenvalue weighted by Crippen LogP contribution is 2.32. The van der Waals surface area contributed by atoms with Gasteiger partial charge in [0.1, 0.15) is 25.2 Å². The van der Waals surface area contributed by atoms with Gasteiger partial charge in [0.05, 0.1) is 6.04 Å². The Bertz CT molecular complexity index is 1250. The Labute approximate surface area is 298 Å². The maximum Gasteiger partial charge on any atom is 0.325 e. The second kappa shape index (κ2) is 21.3. The fourth-order valence-electron chi connectivity index (χ4n) is 6.09. The highest BCUT2D eigenvalue weighted by Gasteiger charge is 2.45. The summed E-state index contributed by atoms with van der Waals surface area (Å²) in [5, 5.41) is 7.77. The first-order valence-electron chi connectivity index (χ1n) is 18.4. The summed E-state index contributed by atoms with van der Waals surface area (Å²) < 4.78 is 5.18. The zero-order valence-corrected chi connectivity index (χ0v) is 31.1. The standard InChI is InChI=1S/C30H43N5O7.C5H10.C3H8/c1-18-13-22(27(39)33-21(24(37)26(31)38)14-19-11-8-12-19)35(16-18)28(40)25(30(2,3)4)34-29(41)32-15-23(36)42-17-20-9-6-5-7-10-20;1-2-4-5-3-1;1-3-2/h5-7,9-10,18-19,21-22,25H,8,11-17H2,1-4H3,(H2,31,38)(H,33,39)(H2,32,34,41);1-5H2;3H2,1-2H3/t18-,21?,22+,25?;;/m1../s1. The molecule has 1 saturated heterocycles. The third kappa shape index (κ3) is 14.5. The summed E-state index contributed by atoms with van der Waals surface area (Å²) in [5.41, 5.74) is 5.30. The van der Waals surface area contributed by atoms with Crippen molar-refractivity contribution in [3.05, 3.63) is 35.9 Å². The summed E-state index contributed by atoms with van der Waals surface area (Å²) in [4.78, 5) is 77.6. The van der Waals surface area contributed by atoms with Crippen molar-refractivity contribution in [1.82, 2.24) is 20.9 Å². The van der Waals surface area contributed by atoms with E-state index in [0.717, 1.165) is 24.8 Å². The Hall–Kier alpha value is -3.96. The molecule has 5 amide bonds. The van der Waals surface area contributed by atoms with Crippen LogP contribution in [0.1, 0.15) is 118 Å². The fraction of sp³-hybridized carbons (Fsp3) is 0.684. The number of likely N-dealkylation sites (tertiary alicyclic amines) is 1. The molecule has 3 fully saturated rings. The maximum atomic E-state index is 13.8. The molecule has 12 nitrogen and oxygen atoms in total. The molecule has 0 radical (unpaired) electrons. The molecule has 4 rings (SSSR count). The number of amides is 5. The molecule has 280 valence electrons. The lowest BCUT2D eigenvalue weighted by atomic mass is 9.80. The van der Waals surface area contributed by atoms with Crippen molar-refractivity contribution in [2.45, 2.75) is 137 Å². The van der Waals surface area contributed by atoms with Crippen molar-refractivity contribution in [1.29, 1.82) is 0 Å². The molecular weight excluding hydrogens is 638 g/mol. The number of rotatable bonds is 12. The van der Waals surface area contributed by atoms with E-state index >= 15 is 0 Å². The molecule has 5 N–H and O–H groups in total. The number of hydrogen-bond acceptors (Lipinski definition) is 7. The van der Waals surface area contributed by atoms with Crippen LogP contribution in [0.2, 0.25) is 0 Å². The topological polar surface area (TPSA) is 177 Å². The van der Waals surface area contributed by atoms with Gasteiger partial charge in [0.2, 0.25) is 17.6 Å². The number of carbonyl (C=O) groups is 6. The highest BCUT2D eigenvalue weighted by molar-refractivity contribution is 6.37. The van der Waals surface area contributed by atoms with Gasteiger partial charge in [-0.1, -0.05) is 130 Å². The van der Waals surface area contributed by atoms with E-state index in [2.05, 4.69) is 29.8 Å². The summed E-state index contributed by atoms with van der Waals surface area (Å²) in [6, 6.07) is 5.41. The summed E-state index contributed by atoms with van der Waals surface area (Å²) in [5.74, 6) is -3.40. The minimum absolute atomic E-state index is 0.0181. The Kier molecular flexibility index (Phi) is 18.0. The van der Waals surface area contributed by atoms with E-state index in [1.165, 1.54) is 43.4 Å². The molecule has 4 atom stereocenters. The van der Waals surface area contributed by atoms with Crippen LogP contribution < -0.4 is 21.7 Å². The number of urea groups is 1. The van der Waals surface area contributed by atoms with Crippen LogP contribution in [-0.4, -0.2) is 71.6 Å². The lowest BCUT2D eigenvalue weighted by Gasteiger charge is -2.36. The van der Waals surface area contributed by atoms with E-state index in [0.29, 0.717) is 12.8 Å². The van der Waals surface area contributed by atoms with E-state index in [-0.39, 0.29) is 25.0 Å². The molecule has 12 heteroatoms. The van der Waals surface area contributed by atoms with Crippen LogP contribution in [0.25, 0.3) is 0 Å². The van der Waals surface area contributed by atoms with Crippen molar-refractivity contribution in [2.24, 2.45) is 23.0 Å². The van der Waals surface area contributed by atoms with Crippen LogP contribution in [0.3, 0.4) is 0 Å². The minimum Gasteiger partial charge on any atom is -0.460 e. The smallest absolute Gasteiger partial charge is 0.325 e. The van der Waals surface area contributed by atoms with E-state index in [1.54, 1.807) is 20.8 Å². The van der Waals surface area contributed by atoms with Crippen LogP contribution in [0.5, 0.6) is 0 Å². The highest BCUT2D eigenvalue weighted by atomic mass is 16.5. The zero-order valence-electron chi connectivity index (χ0n) is 31.1. The van der Waals surface area contributed by atoms with Gasteiger partial charge in [0, 0.05) is 6.54 Å². The predicted octanol–water partition coefficient (Wildman–Crippen LogP) is 4.78. The molecule has 3 aliphatic rings. The number of ether oxygens (including phenoxy) is 1. The van der Waals surface area contributed by atoms with Crippen LogP contribution in [-0.2, 0) is 35.3 Å².